The molecule has 1 saturated carbocycles. The Morgan fingerprint density at radius 3 is 2.94 bits per heavy atom. The number of aryl methyl sites for hydroxylation is 1. The normalized spacial score (nSPS) is 32.2. The molecule has 2 aliphatic rings. The fraction of sp³-hybridized carbons (Fsp3) is 0.643. The number of pyridine rings is 1. The first-order valence-electron chi connectivity index (χ1n) is 6.29. The van der Waals surface area contributed by atoms with E-state index in [-0.39, 0.29) is 0 Å². The number of nitrogens with two attached hydrogens (primary N) is 1. The molecule has 2 heteroatoms. The molecule has 3 atom stereocenters. The van der Waals surface area contributed by atoms with Gasteiger partial charge in [-0.3, -0.25) is 4.98 Å². The minimum atomic E-state index is 0.311. The van der Waals surface area contributed by atoms with Crippen molar-refractivity contribution in [1.82, 2.24) is 4.98 Å². The Balaban J connectivity index is 1.83. The van der Waals surface area contributed by atoms with Crippen LogP contribution in [-0.2, 0) is 6.42 Å². The van der Waals surface area contributed by atoms with Gasteiger partial charge in [0.1, 0.15) is 0 Å². The van der Waals surface area contributed by atoms with Gasteiger partial charge in [0.15, 0.2) is 0 Å². The molecule has 0 spiro atoms. The largest absolute Gasteiger partial charge is 0.327 e. The summed E-state index contributed by atoms with van der Waals surface area (Å²) in [7, 11) is 0. The number of hydrogen-bond acceptors (Lipinski definition) is 2. The van der Waals surface area contributed by atoms with Crippen LogP contribution in [0.1, 0.15) is 43.9 Å². The molecule has 1 fully saturated rings. The van der Waals surface area contributed by atoms with E-state index in [0.717, 1.165) is 6.42 Å². The number of fused-ring (bicyclic) bond motifs is 1. The van der Waals surface area contributed by atoms with E-state index < -0.39 is 0 Å². The topological polar surface area (TPSA) is 38.9 Å². The minimum Gasteiger partial charge on any atom is -0.327 e. The molecule has 3 rings (SSSR count). The minimum absolute atomic E-state index is 0.311. The molecule has 0 aromatic carbocycles. The molecule has 1 aromatic heterocycles. The SMILES string of the molecule is CC1(C)CC1C(N)C1CCc2cccnc21. The third kappa shape index (κ3) is 1.47. The first-order chi connectivity index (χ1) is 7.59. The monoisotopic (exact) mass is 216 g/mol. The van der Waals surface area contributed by atoms with E-state index in [4.69, 9.17) is 5.73 Å². The first-order valence-corrected chi connectivity index (χ1v) is 6.29. The molecule has 0 amide bonds. The number of hydrogen-bond donors (Lipinski definition) is 1. The zero-order valence-corrected chi connectivity index (χ0v) is 10.1. The van der Waals surface area contributed by atoms with Crippen molar-refractivity contribution in [2.45, 2.75) is 45.1 Å². The molecule has 86 valence electrons. The van der Waals surface area contributed by atoms with Gasteiger partial charge in [0.05, 0.1) is 0 Å². The van der Waals surface area contributed by atoms with E-state index in [0.29, 0.717) is 23.3 Å². The Bertz CT molecular complexity index is 411. The average molecular weight is 216 g/mol. The van der Waals surface area contributed by atoms with Gasteiger partial charge in [-0.2, -0.15) is 0 Å². The van der Waals surface area contributed by atoms with Gasteiger partial charge >= 0.3 is 0 Å². The van der Waals surface area contributed by atoms with E-state index in [1.807, 2.05) is 12.3 Å². The molecule has 2 nitrogen and oxygen atoms in total. The molecule has 0 bridgehead atoms. The molecule has 1 aromatic rings. The highest BCUT2D eigenvalue weighted by Crippen LogP contribution is 2.56. The summed E-state index contributed by atoms with van der Waals surface area (Å²) in [5.41, 5.74) is 9.60. The number of aromatic nitrogens is 1. The highest BCUT2D eigenvalue weighted by atomic mass is 14.8. The van der Waals surface area contributed by atoms with E-state index >= 15 is 0 Å². The van der Waals surface area contributed by atoms with Crippen molar-refractivity contribution >= 4 is 0 Å². The van der Waals surface area contributed by atoms with Gasteiger partial charge in [0.2, 0.25) is 0 Å². The Kier molecular flexibility index (Phi) is 2.12. The summed E-state index contributed by atoms with van der Waals surface area (Å²) in [6.45, 7) is 4.65. The highest BCUT2D eigenvalue weighted by molar-refractivity contribution is 5.31. The second-order valence-corrected chi connectivity index (χ2v) is 6.07. The van der Waals surface area contributed by atoms with Gasteiger partial charge in [-0.1, -0.05) is 19.9 Å². The van der Waals surface area contributed by atoms with Crippen LogP contribution < -0.4 is 5.73 Å². The van der Waals surface area contributed by atoms with Crippen LogP contribution in [0.15, 0.2) is 18.3 Å². The molecule has 0 aliphatic heterocycles. The van der Waals surface area contributed by atoms with Crippen molar-refractivity contribution in [3.8, 4) is 0 Å². The fourth-order valence-corrected chi connectivity index (χ4v) is 3.26. The number of nitrogens with zero attached hydrogens (tertiary/aromatic N) is 1. The van der Waals surface area contributed by atoms with E-state index in [2.05, 4.69) is 24.9 Å². The maximum absolute atomic E-state index is 6.43. The van der Waals surface area contributed by atoms with E-state index in [1.165, 1.54) is 24.1 Å². The van der Waals surface area contributed by atoms with Crippen molar-refractivity contribution in [2.75, 3.05) is 0 Å². The summed E-state index contributed by atoms with van der Waals surface area (Å²) in [5, 5.41) is 0. The first kappa shape index (κ1) is 10.3. The maximum atomic E-state index is 6.43. The summed E-state index contributed by atoms with van der Waals surface area (Å²) >= 11 is 0. The fourth-order valence-electron chi connectivity index (χ4n) is 3.26. The predicted octanol–water partition coefficient (Wildman–Crippen LogP) is 2.48. The Labute approximate surface area is 97.3 Å². The third-order valence-corrected chi connectivity index (χ3v) is 4.52. The molecule has 0 saturated heterocycles. The van der Waals surface area contributed by atoms with Crippen LogP contribution in [0.3, 0.4) is 0 Å². The summed E-state index contributed by atoms with van der Waals surface area (Å²) < 4.78 is 0. The van der Waals surface area contributed by atoms with Gasteiger partial charge in [-0.15, -0.1) is 0 Å². The van der Waals surface area contributed by atoms with Crippen LogP contribution in [0.4, 0.5) is 0 Å². The van der Waals surface area contributed by atoms with E-state index in [9.17, 15) is 0 Å². The lowest BCUT2D eigenvalue weighted by Gasteiger charge is -2.21. The lowest BCUT2D eigenvalue weighted by atomic mass is 9.90. The lowest BCUT2D eigenvalue weighted by molar-refractivity contribution is 0.413. The van der Waals surface area contributed by atoms with Gasteiger partial charge in [0, 0.05) is 23.9 Å². The van der Waals surface area contributed by atoms with Gasteiger partial charge in [-0.25, -0.2) is 0 Å². The van der Waals surface area contributed by atoms with Crippen LogP contribution in [0.25, 0.3) is 0 Å². The van der Waals surface area contributed by atoms with Crippen LogP contribution in [0.2, 0.25) is 0 Å². The lowest BCUT2D eigenvalue weighted by Crippen LogP contribution is -2.31. The molecule has 1 heterocycles. The van der Waals surface area contributed by atoms with Crippen molar-refractivity contribution in [3.63, 3.8) is 0 Å². The quantitative estimate of drug-likeness (QED) is 0.825. The molecule has 0 radical (unpaired) electrons. The summed E-state index contributed by atoms with van der Waals surface area (Å²) in [5.74, 6) is 1.20. The Morgan fingerprint density at radius 2 is 2.25 bits per heavy atom. The van der Waals surface area contributed by atoms with Crippen LogP contribution in [-0.4, -0.2) is 11.0 Å². The number of rotatable bonds is 2. The Hall–Kier alpha value is -0.890. The summed E-state index contributed by atoms with van der Waals surface area (Å²) in [6.07, 6.45) is 5.55. The average Bonchev–Trinajstić information content (AvgIpc) is 2.74. The zero-order chi connectivity index (χ0) is 11.3. The van der Waals surface area contributed by atoms with Gasteiger partial charge in [-0.05, 0) is 42.2 Å². The molecule has 2 N–H and O–H groups in total. The molecule has 2 aliphatic carbocycles. The predicted molar refractivity (Wildman–Crippen MR) is 65.2 cm³/mol. The van der Waals surface area contributed by atoms with Crippen molar-refractivity contribution in [3.05, 3.63) is 29.6 Å². The molecular weight excluding hydrogens is 196 g/mol. The van der Waals surface area contributed by atoms with E-state index in [1.54, 1.807) is 0 Å². The summed E-state index contributed by atoms with van der Waals surface area (Å²) in [4.78, 5) is 4.54. The van der Waals surface area contributed by atoms with Crippen LogP contribution in [0.5, 0.6) is 0 Å². The highest BCUT2D eigenvalue weighted by Gasteiger charge is 2.51. The van der Waals surface area contributed by atoms with Gasteiger partial charge in [0.25, 0.3) is 0 Å². The Morgan fingerprint density at radius 1 is 1.50 bits per heavy atom. The molecule has 16 heavy (non-hydrogen) atoms. The zero-order valence-electron chi connectivity index (χ0n) is 10.1. The molecule has 3 unspecified atom stereocenters. The van der Waals surface area contributed by atoms with Crippen molar-refractivity contribution in [1.29, 1.82) is 0 Å². The summed E-state index contributed by atoms with van der Waals surface area (Å²) in [6, 6.07) is 4.55. The second kappa shape index (κ2) is 3.30. The maximum Gasteiger partial charge on any atom is 0.0482 e. The third-order valence-electron chi connectivity index (χ3n) is 4.52. The van der Waals surface area contributed by atoms with Crippen molar-refractivity contribution < 1.29 is 0 Å². The van der Waals surface area contributed by atoms with Crippen molar-refractivity contribution in [2.24, 2.45) is 17.1 Å². The second-order valence-electron chi connectivity index (χ2n) is 6.07. The van der Waals surface area contributed by atoms with Crippen LogP contribution in [0, 0.1) is 11.3 Å². The van der Waals surface area contributed by atoms with Crippen LogP contribution >= 0.6 is 0 Å². The van der Waals surface area contributed by atoms with Gasteiger partial charge < -0.3 is 5.73 Å². The standard InChI is InChI=1S/C14H20N2/c1-14(2)8-11(14)12(15)10-6-5-9-4-3-7-16-13(9)10/h3-4,7,10-12H,5-6,8,15H2,1-2H3. The molecular formula is C14H20N2. The smallest absolute Gasteiger partial charge is 0.0482 e.